The fourth-order valence-electron chi connectivity index (χ4n) is 5.05. The van der Waals surface area contributed by atoms with Gasteiger partial charge in [0.1, 0.15) is 29.8 Å². The quantitative estimate of drug-likeness (QED) is 0.137. The number of β-lactam (4-membered cyclic amide) rings is 1. The summed E-state index contributed by atoms with van der Waals surface area (Å²) >= 11 is 4.19. The number of hydrogen-bond donors (Lipinski definition) is 3. The van der Waals surface area contributed by atoms with Gasteiger partial charge in [-0.05, 0) is 29.2 Å². The van der Waals surface area contributed by atoms with Gasteiger partial charge in [0.2, 0.25) is 5.91 Å². The van der Waals surface area contributed by atoms with E-state index in [1.807, 2.05) is 13.2 Å². The van der Waals surface area contributed by atoms with E-state index < -0.39 is 47.3 Å². The molecule has 0 aromatic heterocycles. The number of thioether (sulfide) groups is 2. The number of carboxylic acids is 1. The Balaban J connectivity index is 0.00000417. The van der Waals surface area contributed by atoms with E-state index in [0.29, 0.717) is 28.4 Å². The summed E-state index contributed by atoms with van der Waals surface area (Å²) in [5.41, 5.74) is 1.33. The molecule has 5 aliphatic rings. The number of urea groups is 2. The number of benzene rings is 1. The van der Waals surface area contributed by atoms with Crippen LogP contribution in [0.4, 0.5) is 9.59 Å². The molecule has 236 valence electrons. The first kappa shape index (κ1) is 34.2. The summed E-state index contributed by atoms with van der Waals surface area (Å²) in [5.74, 6) is -2.06. The Bertz CT molecular complexity index is 1560. The van der Waals surface area contributed by atoms with Crippen LogP contribution in [0.25, 0.3) is 0 Å². The number of ether oxygens (including phenoxy) is 1. The number of fused-ring (bicyclic) bond motifs is 1. The molecule has 5 aliphatic heterocycles. The molecule has 3 N–H and O–H groups in total. The van der Waals surface area contributed by atoms with Crippen LogP contribution >= 0.6 is 35.5 Å². The molecule has 0 radical (unpaired) electrons. The number of rotatable bonds is 9. The molecule has 6 amide bonds. The molecular formula is C27H27N8NaO7S3. The van der Waals surface area contributed by atoms with E-state index in [2.05, 4.69) is 20.6 Å². The summed E-state index contributed by atoms with van der Waals surface area (Å²) in [4.78, 5) is 70.3. The summed E-state index contributed by atoms with van der Waals surface area (Å²) in [6, 6.07) is 4.66. The number of imide groups is 1. The van der Waals surface area contributed by atoms with Crippen LogP contribution in [0.1, 0.15) is 11.6 Å². The second-order valence-electron chi connectivity index (χ2n) is 10.2. The van der Waals surface area contributed by atoms with E-state index in [9.17, 15) is 29.1 Å². The Morgan fingerprint density at radius 3 is 2.67 bits per heavy atom. The molecular weight excluding hydrogens is 668 g/mol. The Hall–Kier alpha value is -3.13. The van der Waals surface area contributed by atoms with Gasteiger partial charge in [-0.1, -0.05) is 30.3 Å². The Morgan fingerprint density at radius 2 is 2.00 bits per heavy atom. The minimum atomic E-state index is -1.46. The van der Waals surface area contributed by atoms with E-state index in [1.54, 1.807) is 41.4 Å². The maximum atomic E-state index is 13.6. The summed E-state index contributed by atoms with van der Waals surface area (Å²) in [5, 5.41) is 23.9. The van der Waals surface area contributed by atoms with Gasteiger partial charge in [0.25, 0.3) is 5.91 Å². The molecule has 2 saturated heterocycles. The van der Waals surface area contributed by atoms with Crippen molar-refractivity contribution in [3.8, 4) is 0 Å². The van der Waals surface area contributed by atoms with Gasteiger partial charge < -0.3 is 30.3 Å². The van der Waals surface area contributed by atoms with Crippen molar-refractivity contribution in [2.24, 2.45) is 5.10 Å². The molecule has 1 aromatic carbocycles. The third kappa shape index (κ3) is 7.07. The first-order valence-corrected chi connectivity index (χ1v) is 16.5. The summed E-state index contributed by atoms with van der Waals surface area (Å²) in [6.07, 6.45) is 4.96. The molecule has 0 aliphatic carbocycles. The number of nitrogens with one attached hydrogen (secondary N) is 3. The molecule has 46 heavy (non-hydrogen) atoms. The van der Waals surface area contributed by atoms with Gasteiger partial charge >= 0.3 is 41.6 Å². The zero-order valence-corrected chi connectivity index (χ0v) is 29.2. The average molecular weight is 695 g/mol. The van der Waals surface area contributed by atoms with Crippen molar-refractivity contribution >= 4 is 71.0 Å². The van der Waals surface area contributed by atoms with Crippen molar-refractivity contribution in [1.82, 2.24) is 35.3 Å². The van der Waals surface area contributed by atoms with Gasteiger partial charge in [-0.2, -0.15) is 9.93 Å². The zero-order chi connectivity index (χ0) is 31.7. The number of carbonyl (C=O) groups excluding carboxylic acids is 5. The molecule has 6 rings (SSSR count). The number of amides is 6. The maximum Gasteiger partial charge on any atom is 1.00 e. The second kappa shape index (κ2) is 14.7. The third-order valence-corrected chi connectivity index (χ3v) is 10.8. The van der Waals surface area contributed by atoms with Gasteiger partial charge in [0.15, 0.2) is 0 Å². The smallest absolute Gasteiger partial charge is 0.543 e. The van der Waals surface area contributed by atoms with Crippen LogP contribution in [-0.4, -0.2) is 105 Å². The van der Waals surface area contributed by atoms with Crippen molar-refractivity contribution in [2.45, 2.75) is 17.5 Å². The fourth-order valence-corrected chi connectivity index (χ4v) is 8.34. The molecule has 19 heteroatoms. The molecule has 2 fully saturated rings. The van der Waals surface area contributed by atoms with Crippen LogP contribution in [0.5, 0.6) is 0 Å². The van der Waals surface area contributed by atoms with Crippen LogP contribution in [0.2, 0.25) is 0 Å². The number of aliphatic carboxylic acids is 1. The summed E-state index contributed by atoms with van der Waals surface area (Å²) < 4.78 is 6.04. The third-order valence-electron chi connectivity index (χ3n) is 7.25. The van der Waals surface area contributed by atoms with Crippen LogP contribution in [0, 0.1) is 0 Å². The van der Waals surface area contributed by atoms with Gasteiger partial charge in [0.05, 0.1) is 35.3 Å². The Morgan fingerprint density at radius 1 is 1.22 bits per heavy atom. The van der Waals surface area contributed by atoms with Gasteiger partial charge in [-0.15, -0.1) is 23.5 Å². The molecule has 0 spiro atoms. The van der Waals surface area contributed by atoms with Crippen LogP contribution in [-0.2, 0) is 19.1 Å². The van der Waals surface area contributed by atoms with E-state index in [1.165, 1.54) is 41.7 Å². The first-order chi connectivity index (χ1) is 21.7. The second-order valence-corrected chi connectivity index (χ2v) is 13.4. The van der Waals surface area contributed by atoms with Crippen molar-refractivity contribution in [1.29, 1.82) is 0 Å². The minimum Gasteiger partial charge on any atom is -0.543 e. The van der Waals surface area contributed by atoms with E-state index in [4.69, 9.17) is 4.74 Å². The predicted octanol–water partition coefficient (Wildman–Crippen LogP) is -2.89. The number of hydrazone groups is 1. The maximum absolute atomic E-state index is 13.6. The molecule has 1 aromatic rings. The largest absolute Gasteiger partial charge is 1.00 e. The molecule has 5 heterocycles. The monoisotopic (exact) mass is 694 g/mol. The number of hydrogen-bond acceptors (Lipinski definition) is 13. The van der Waals surface area contributed by atoms with Crippen LogP contribution in [0.3, 0.4) is 0 Å². The predicted molar refractivity (Wildman–Crippen MR) is 165 cm³/mol. The molecule has 2 unspecified atom stereocenters. The average Bonchev–Trinajstić information content (AvgIpc) is 3.79. The zero-order valence-electron chi connectivity index (χ0n) is 24.7. The number of carboxylic acid groups (broad SMARTS) is 1. The van der Waals surface area contributed by atoms with Crippen molar-refractivity contribution in [3.63, 3.8) is 0 Å². The van der Waals surface area contributed by atoms with Gasteiger partial charge in [-0.25, -0.2) is 19.5 Å². The summed E-state index contributed by atoms with van der Waals surface area (Å²) in [7, 11) is 1.84. The Labute approximate surface area is 298 Å². The first-order valence-electron chi connectivity index (χ1n) is 13.7. The topological polar surface area (TPSA) is 179 Å². The van der Waals surface area contributed by atoms with E-state index >= 15 is 0 Å². The van der Waals surface area contributed by atoms with Crippen LogP contribution in [0.15, 0.2) is 69.5 Å². The summed E-state index contributed by atoms with van der Waals surface area (Å²) in [6.45, 7) is 0.429. The molecule has 3 atom stereocenters. The molecule has 0 bridgehead atoms. The normalized spacial score (nSPS) is 23.5. The number of carbonyl (C=O) groups is 5. The van der Waals surface area contributed by atoms with Crippen molar-refractivity contribution in [3.05, 3.63) is 69.9 Å². The SMILES string of the molecule is CN1C=C(SCC2=C(C(=O)[O-])N3C(=O)C(NC(=O)C(NC(=O)N4CCN(N=C5C=COC5)C4=O)c4ccccc4)[C@@H]3SC2)SN1.[Na+]. The van der Waals surface area contributed by atoms with E-state index in [0.717, 1.165) is 19.0 Å². The Kier molecular flexibility index (Phi) is 11.0. The minimum absolute atomic E-state index is 0. The molecule has 15 nitrogen and oxygen atoms in total. The number of hydrazine groups is 1. The fraction of sp³-hybridized carbons (Fsp3) is 0.333. The number of nitrogens with zero attached hydrogens (tertiary/aromatic N) is 5. The van der Waals surface area contributed by atoms with Gasteiger partial charge in [-0.3, -0.25) is 14.5 Å². The van der Waals surface area contributed by atoms with Crippen molar-refractivity contribution in [2.75, 3.05) is 38.2 Å². The van der Waals surface area contributed by atoms with E-state index in [-0.39, 0.29) is 55.0 Å². The van der Waals surface area contributed by atoms with Gasteiger partial charge in [0, 0.05) is 24.8 Å². The van der Waals surface area contributed by atoms with Crippen molar-refractivity contribution < 1.29 is 63.4 Å². The van der Waals surface area contributed by atoms with Crippen LogP contribution < -0.4 is 50.1 Å². The standard InChI is InChI=1S/C27H28N8O7S3.Na/c1-32-11-18(45-31-32)43-13-16-14-44-24-20(23(37)35(24)21(16)25(38)39)28-22(36)19(15-5-3-2-4-6-15)29-26(40)33-8-9-34(27(33)41)30-17-7-10-42-12-17;/h2-7,10-11,19-20,24,31H,8-9,12-14H2,1H3,(H,28,36)(H,29,40)(H,38,39);/q;+1/p-1/t19?,20?,24-;/m0./s1. The molecule has 0 saturated carbocycles.